The van der Waals surface area contributed by atoms with E-state index in [1.54, 1.807) is 6.07 Å². The van der Waals surface area contributed by atoms with Crippen LogP contribution in [-0.2, 0) is 0 Å². The van der Waals surface area contributed by atoms with Crippen LogP contribution < -0.4 is 5.63 Å². The smallest absolute Gasteiger partial charge is 0.336 e. The minimum absolute atomic E-state index is 0.331. The van der Waals surface area contributed by atoms with Gasteiger partial charge in [0.1, 0.15) is 5.58 Å². The first-order valence-corrected chi connectivity index (χ1v) is 8.61. The van der Waals surface area contributed by atoms with E-state index >= 15 is 0 Å². The molecule has 0 amide bonds. The van der Waals surface area contributed by atoms with Gasteiger partial charge >= 0.3 is 5.63 Å². The molecule has 0 N–H and O–H groups in total. The average molecular weight is 341 g/mol. The van der Waals surface area contributed by atoms with Crippen LogP contribution in [0, 0.1) is 20.8 Å². The summed E-state index contributed by atoms with van der Waals surface area (Å²) in [6, 6.07) is 17.6. The second kappa shape index (κ2) is 6.26. The van der Waals surface area contributed by atoms with Gasteiger partial charge in [-0.2, -0.15) is 0 Å². The van der Waals surface area contributed by atoms with Gasteiger partial charge in [-0.15, -0.1) is 0 Å². The third kappa shape index (κ3) is 2.72. The Bertz CT molecular complexity index is 1170. The summed E-state index contributed by atoms with van der Waals surface area (Å²) in [6.07, 6.45) is 1.83. The lowest BCUT2D eigenvalue weighted by atomic mass is 9.90. The van der Waals surface area contributed by atoms with Crippen molar-refractivity contribution in [2.24, 2.45) is 0 Å². The van der Waals surface area contributed by atoms with Crippen LogP contribution in [0.5, 0.6) is 0 Å². The topological polar surface area (TPSA) is 43.1 Å². The van der Waals surface area contributed by atoms with Gasteiger partial charge in [-0.05, 0) is 66.8 Å². The van der Waals surface area contributed by atoms with Gasteiger partial charge in [0, 0.05) is 28.9 Å². The minimum Gasteiger partial charge on any atom is -0.423 e. The highest BCUT2D eigenvalue weighted by Gasteiger charge is 2.16. The standard InChI is InChI=1S/C23H19NO2/c1-14-11-20-23(16(3)22(14)18-9-10-24-15(2)12-18)19(13-21(25)26-20)17-7-5-4-6-8-17/h4-13H,1-3H3. The molecular formula is C23H19NO2. The van der Waals surface area contributed by atoms with Crippen molar-refractivity contribution in [1.82, 2.24) is 4.98 Å². The number of fused-ring (bicyclic) bond motifs is 1. The third-order valence-corrected chi connectivity index (χ3v) is 4.75. The predicted molar refractivity (Wildman–Crippen MR) is 105 cm³/mol. The van der Waals surface area contributed by atoms with Gasteiger partial charge in [-0.3, -0.25) is 4.98 Å². The van der Waals surface area contributed by atoms with Crippen LogP contribution in [0.25, 0.3) is 33.2 Å². The first-order valence-electron chi connectivity index (χ1n) is 8.61. The molecule has 0 spiro atoms. The fourth-order valence-corrected chi connectivity index (χ4v) is 3.68. The molecule has 3 heteroatoms. The molecule has 0 fully saturated rings. The van der Waals surface area contributed by atoms with Crippen LogP contribution in [0.15, 0.2) is 70.0 Å². The molecule has 128 valence electrons. The molecule has 2 heterocycles. The highest BCUT2D eigenvalue weighted by atomic mass is 16.4. The largest absolute Gasteiger partial charge is 0.423 e. The van der Waals surface area contributed by atoms with Gasteiger partial charge in [0.15, 0.2) is 0 Å². The predicted octanol–water partition coefficient (Wildman–Crippen LogP) is 5.45. The number of rotatable bonds is 2. The van der Waals surface area contributed by atoms with Crippen LogP contribution >= 0.6 is 0 Å². The Morgan fingerprint density at radius 3 is 2.38 bits per heavy atom. The molecule has 4 aromatic rings. The molecule has 0 aliphatic rings. The molecule has 4 rings (SSSR count). The van der Waals surface area contributed by atoms with Crippen molar-refractivity contribution in [2.75, 3.05) is 0 Å². The Hall–Kier alpha value is -3.20. The summed E-state index contributed by atoms with van der Waals surface area (Å²) < 4.78 is 5.53. The maximum atomic E-state index is 12.1. The van der Waals surface area contributed by atoms with Gasteiger partial charge in [0.25, 0.3) is 0 Å². The zero-order valence-electron chi connectivity index (χ0n) is 15.0. The minimum atomic E-state index is -0.331. The van der Waals surface area contributed by atoms with E-state index < -0.39 is 0 Å². The highest BCUT2D eigenvalue weighted by Crippen LogP contribution is 2.37. The average Bonchev–Trinajstić information content (AvgIpc) is 2.61. The van der Waals surface area contributed by atoms with E-state index in [0.29, 0.717) is 5.58 Å². The first-order chi connectivity index (χ1) is 12.5. The molecule has 0 bridgehead atoms. The van der Waals surface area contributed by atoms with Crippen molar-refractivity contribution in [3.05, 3.63) is 88.0 Å². The molecule has 0 radical (unpaired) electrons. The Balaban J connectivity index is 2.12. The van der Waals surface area contributed by atoms with E-state index in [2.05, 4.69) is 18.0 Å². The summed E-state index contributed by atoms with van der Waals surface area (Å²) in [6.45, 7) is 6.13. The lowest BCUT2D eigenvalue weighted by Gasteiger charge is -2.16. The van der Waals surface area contributed by atoms with Crippen molar-refractivity contribution in [2.45, 2.75) is 20.8 Å². The van der Waals surface area contributed by atoms with Crippen molar-refractivity contribution in [3.63, 3.8) is 0 Å². The van der Waals surface area contributed by atoms with Crippen molar-refractivity contribution in [1.29, 1.82) is 0 Å². The third-order valence-electron chi connectivity index (χ3n) is 4.75. The molecule has 2 aromatic carbocycles. The van der Waals surface area contributed by atoms with E-state index in [-0.39, 0.29) is 5.63 Å². The fourth-order valence-electron chi connectivity index (χ4n) is 3.68. The summed E-state index contributed by atoms with van der Waals surface area (Å²) in [7, 11) is 0. The van der Waals surface area contributed by atoms with Gasteiger partial charge in [0.05, 0.1) is 0 Å². The Kier molecular flexibility index (Phi) is 3.92. The quantitative estimate of drug-likeness (QED) is 0.456. The van der Waals surface area contributed by atoms with Crippen LogP contribution in [0.1, 0.15) is 16.8 Å². The van der Waals surface area contributed by atoms with Crippen LogP contribution in [0.3, 0.4) is 0 Å². The zero-order valence-corrected chi connectivity index (χ0v) is 15.0. The lowest BCUT2D eigenvalue weighted by molar-refractivity contribution is 0.561. The number of pyridine rings is 1. The van der Waals surface area contributed by atoms with Crippen LogP contribution in [-0.4, -0.2) is 4.98 Å². The van der Waals surface area contributed by atoms with E-state index in [9.17, 15) is 4.79 Å². The SMILES string of the molecule is Cc1cc(-c2c(C)cc3oc(=O)cc(-c4ccccc4)c3c2C)ccn1. The van der Waals surface area contributed by atoms with Crippen molar-refractivity contribution < 1.29 is 4.42 Å². The number of hydrogen-bond acceptors (Lipinski definition) is 3. The summed E-state index contributed by atoms with van der Waals surface area (Å²) in [5.74, 6) is 0. The maximum Gasteiger partial charge on any atom is 0.336 e. The second-order valence-corrected chi connectivity index (χ2v) is 6.60. The molecule has 0 saturated carbocycles. The molecule has 26 heavy (non-hydrogen) atoms. The summed E-state index contributed by atoms with van der Waals surface area (Å²) in [5, 5.41) is 0.978. The molecule has 0 aliphatic carbocycles. The monoisotopic (exact) mass is 341 g/mol. The zero-order chi connectivity index (χ0) is 18.3. The summed E-state index contributed by atoms with van der Waals surface area (Å²) >= 11 is 0. The summed E-state index contributed by atoms with van der Waals surface area (Å²) in [5.41, 5.74) is 7.65. The fraction of sp³-hybridized carbons (Fsp3) is 0.130. The maximum absolute atomic E-state index is 12.1. The van der Waals surface area contributed by atoms with Crippen molar-refractivity contribution >= 4 is 11.0 Å². The van der Waals surface area contributed by atoms with E-state index in [4.69, 9.17) is 4.42 Å². The molecule has 0 atom stereocenters. The van der Waals surface area contributed by atoms with Gasteiger partial charge < -0.3 is 4.42 Å². The number of nitrogens with zero attached hydrogens (tertiary/aromatic N) is 1. The Morgan fingerprint density at radius 1 is 0.885 bits per heavy atom. The second-order valence-electron chi connectivity index (χ2n) is 6.60. The lowest BCUT2D eigenvalue weighted by Crippen LogP contribution is -2.01. The van der Waals surface area contributed by atoms with E-state index in [1.165, 1.54) is 0 Å². The van der Waals surface area contributed by atoms with E-state index in [0.717, 1.165) is 44.5 Å². The van der Waals surface area contributed by atoms with Gasteiger partial charge in [-0.1, -0.05) is 30.3 Å². The van der Waals surface area contributed by atoms with Crippen LogP contribution in [0.2, 0.25) is 0 Å². The Labute approximate surface area is 152 Å². The van der Waals surface area contributed by atoms with Gasteiger partial charge in [-0.25, -0.2) is 4.79 Å². The molecule has 3 nitrogen and oxygen atoms in total. The number of aromatic nitrogens is 1. The first kappa shape index (κ1) is 16.3. The molecule has 2 aromatic heterocycles. The number of hydrogen-bond donors (Lipinski definition) is 0. The van der Waals surface area contributed by atoms with Crippen LogP contribution in [0.4, 0.5) is 0 Å². The molecular weight excluding hydrogens is 322 g/mol. The number of aryl methyl sites for hydroxylation is 3. The molecule has 0 aliphatic heterocycles. The van der Waals surface area contributed by atoms with Gasteiger partial charge in [0.2, 0.25) is 0 Å². The molecule has 0 unspecified atom stereocenters. The van der Waals surface area contributed by atoms with E-state index in [1.807, 2.05) is 62.5 Å². The highest BCUT2D eigenvalue weighted by molar-refractivity contribution is 6.00. The normalized spacial score (nSPS) is 11.0. The number of benzene rings is 2. The summed E-state index contributed by atoms with van der Waals surface area (Å²) in [4.78, 5) is 16.4. The van der Waals surface area contributed by atoms with Crippen molar-refractivity contribution in [3.8, 4) is 22.3 Å². The Morgan fingerprint density at radius 2 is 1.65 bits per heavy atom. The molecule has 0 saturated heterocycles.